The molecule has 2 unspecified atom stereocenters. The maximum absolute atomic E-state index is 12.0. The minimum atomic E-state index is -4.88. The number of alkyl halides is 4. The first-order valence-electron chi connectivity index (χ1n) is 4.82. The number of ketones is 1. The number of halogens is 4. The summed E-state index contributed by atoms with van der Waals surface area (Å²) in [7, 11) is 0. The van der Waals surface area contributed by atoms with Crippen LogP contribution in [-0.2, 0) is 9.59 Å². The molecule has 1 aliphatic carbocycles. The van der Waals surface area contributed by atoms with Gasteiger partial charge >= 0.3 is 12.1 Å². The first-order valence-corrected chi connectivity index (χ1v) is 5.94. The molecular weight excluding hydrogens is 291 g/mol. The second kappa shape index (κ2) is 5.16. The van der Waals surface area contributed by atoms with Crippen LogP contribution in [0, 0.1) is 5.92 Å². The van der Waals surface area contributed by atoms with E-state index in [0.717, 1.165) is 0 Å². The van der Waals surface area contributed by atoms with Gasteiger partial charge in [-0.25, -0.2) is 0 Å². The second-order valence-electron chi connectivity index (χ2n) is 3.72. The number of Topliss-reactive ketones (excluding diaryl/α,β-unsaturated/α-hetero) is 1. The molecule has 0 heterocycles. The Kier molecular flexibility index (Phi) is 4.35. The summed E-state index contributed by atoms with van der Waals surface area (Å²) in [6, 6.07) is -0.681. The molecule has 16 heavy (non-hydrogen) atoms. The quantitative estimate of drug-likeness (QED) is 0.808. The lowest BCUT2D eigenvalue weighted by molar-refractivity contribution is -0.174. The number of rotatable bonds is 3. The van der Waals surface area contributed by atoms with E-state index in [2.05, 4.69) is 15.9 Å². The van der Waals surface area contributed by atoms with Crippen molar-refractivity contribution in [1.82, 2.24) is 5.32 Å². The van der Waals surface area contributed by atoms with Gasteiger partial charge in [0.2, 0.25) is 0 Å². The van der Waals surface area contributed by atoms with E-state index in [0.29, 0.717) is 19.3 Å². The molecular formula is C9H11BrF3NO2. The molecule has 1 N–H and O–H groups in total. The van der Waals surface area contributed by atoms with Crippen LogP contribution in [0.15, 0.2) is 0 Å². The number of amides is 1. The number of nitrogens with one attached hydrogen (secondary N) is 1. The predicted molar refractivity (Wildman–Crippen MR) is 54.1 cm³/mol. The van der Waals surface area contributed by atoms with Gasteiger partial charge in [-0.1, -0.05) is 22.4 Å². The topological polar surface area (TPSA) is 46.2 Å². The third-order valence-corrected chi connectivity index (χ3v) is 3.19. The van der Waals surface area contributed by atoms with Crippen molar-refractivity contribution in [2.45, 2.75) is 31.5 Å². The molecule has 7 heteroatoms. The number of hydrogen-bond donors (Lipinski definition) is 1. The zero-order valence-electron chi connectivity index (χ0n) is 8.31. The van der Waals surface area contributed by atoms with Crippen molar-refractivity contribution in [3.05, 3.63) is 0 Å². The minimum Gasteiger partial charge on any atom is -0.345 e. The van der Waals surface area contributed by atoms with Crippen molar-refractivity contribution in [3.8, 4) is 0 Å². The van der Waals surface area contributed by atoms with Gasteiger partial charge < -0.3 is 5.32 Å². The number of hydrogen-bond acceptors (Lipinski definition) is 2. The molecule has 0 bridgehead atoms. The van der Waals surface area contributed by atoms with E-state index in [1.165, 1.54) is 0 Å². The molecule has 1 fully saturated rings. The van der Waals surface area contributed by atoms with Crippen LogP contribution in [0.2, 0.25) is 0 Å². The highest BCUT2D eigenvalue weighted by molar-refractivity contribution is 9.09. The Balaban J connectivity index is 2.60. The maximum Gasteiger partial charge on any atom is 0.471 e. The van der Waals surface area contributed by atoms with Crippen LogP contribution in [0.5, 0.6) is 0 Å². The lowest BCUT2D eigenvalue weighted by Gasteiger charge is -2.19. The normalized spacial score (nSPS) is 25.5. The molecule has 0 aliphatic heterocycles. The molecule has 92 valence electrons. The van der Waals surface area contributed by atoms with E-state index in [9.17, 15) is 22.8 Å². The fourth-order valence-corrected chi connectivity index (χ4v) is 2.28. The Morgan fingerprint density at radius 3 is 2.44 bits per heavy atom. The molecule has 0 saturated heterocycles. The summed E-state index contributed by atoms with van der Waals surface area (Å²) < 4.78 is 36.0. The SMILES string of the molecule is O=C(CBr)C1CCCC1NC(=O)C(F)(F)F. The minimum absolute atomic E-state index is 0.107. The molecule has 0 aromatic rings. The van der Waals surface area contributed by atoms with Gasteiger partial charge in [0, 0.05) is 12.0 Å². The van der Waals surface area contributed by atoms with Crippen molar-refractivity contribution >= 4 is 27.6 Å². The van der Waals surface area contributed by atoms with Gasteiger partial charge in [0.1, 0.15) is 5.78 Å². The first-order chi connectivity index (χ1) is 7.36. The molecule has 0 aromatic carbocycles. The Morgan fingerprint density at radius 2 is 1.94 bits per heavy atom. The molecule has 1 amide bonds. The van der Waals surface area contributed by atoms with Crippen LogP contribution in [0.4, 0.5) is 13.2 Å². The Hall–Kier alpha value is -0.590. The van der Waals surface area contributed by atoms with E-state index >= 15 is 0 Å². The Morgan fingerprint density at radius 1 is 1.31 bits per heavy atom. The monoisotopic (exact) mass is 301 g/mol. The summed E-state index contributed by atoms with van der Waals surface area (Å²) in [6.45, 7) is 0. The molecule has 2 atom stereocenters. The van der Waals surface area contributed by atoms with Crippen molar-refractivity contribution < 1.29 is 22.8 Å². The van der Waals surface area contributed by atoms with Crippen LogP contribution in [0.1, 0.15) is 19.3 Å². The molecule has 1 saturated carbocycles. The largest absolute Gasteiger partial charge is 0.471 e. The lowest BCUT2D eigenvalue weighted by atomic mass is 9.99. The van der Waals surface area contributed by atoms with E-state index in [1.807, 2.05) is 5.32 Å². The van der Waals surface area contributed by atoms with E-state index in [4.69, 9.17) is 0 Å². The highest BCUT2D eigenvalue weighted by atomic mass is 79.9. The Bertz CT molecular complexity index is 293. The smallest absolute Gasteiger partial charge is 0.345 e. The van der Waals surface area contributed by atoms with Gasteiger partial charge in [0.25, 0.3) is 0 Å². The van der Waals surface area contributed by atoms with Gasteiger partial charge in [0.15, 0.2) is 0 Å². The zero-order chi connectivity index (χ0) is 12.3. The highest BCUT2D eigenvalue weighted by Gasteiger charge is 2.42. The summed E-state index contributed by atoms with van der Waals surface area (Å²) in [5, 5.41) is 1.99. The van der Waals surface area contributed by atoms with Gasteiger partial charge in [-0.15, -0.1) is 0 Å². The standard InChI is InChI=1S/C9H11BrF3NO2/c10-4-7(15)5-2-1-3-6(5)14-8(16)9(11,12)13/h5-6H,1-4H2,(H,14,16). The molecule has 1 aliphatic rings. The van der Waals surface area contributed by atoms with Crippen LogP contribution < -0.4 is 5.32 Å². The average molecular weight is 302 g/mol. The van der Waals surface area contributed by atoms with Crippen molar-refractivity contribution in [3.63, 3.8) is 0 Å². The van der Waals surface area contributed by atoms with Crippen LogP contribution >= 0.6 is 15.9 Å². The fraction of sp³-hybridized carbons (Fsp3) is 0.778. The maximum atomic E-state index is 12.0. The van der Waals surface area contributed by atoms with Crippen LogP contribution in [0.25, 0.3) is 0 Å². The lowest BCUT2D eigenvalue weighted by Crippen LogP contribution is -2.46. The zero-order valence-corrected chi connectivity index (χ0v) is 9.90. The van der Waals surface area contributed by atoms with Crippen molar-refractivity contribution in [1.29, 1.82) is 0 Å². The van der Waals surface area contributed by atoms with Gasteiger partial charge in [-0.3, -0.25) is 9.59 Å². The molecule has 3 nitrogen and oxygen atoms in total. The number of carbonyl (C=O) groups excluding carboxylic acids is 2. The molecule has 0 spiro atoms. The summed E-state index contributed by atoms with van der Waals surface area (Å²) in [5.41, 5.74) is 0. The molecule has 0 radical (unpaired) electrons. The third-order valence-electron chi connectivity index (χ3n) is 2.64. The van der Waals surface area contributed by atoms with Gasteiger partial charge in [0.05, 0.1) is 5.33 Å². The highest BCUT2D eigenvalue weighted by Crippen LogP contribution is 2.28. The van der Waals surface area contributed by atoms with E-state index < -0.39 is 24.0 Å². The third kappa shape index (κ3) is 3.20. The Labute approximate surface area is 98.9 Å². The molecule has 0 aromatic heterocycles. The first kappa shape index (κ1) is 13.5. The molecule has 1 rings (SSSR count). The van der Waals surface area contributed by atoms with Crippen LogP contribution in [-0.4, -0.2) is 29.2 Å². The van der Waals surface area contributed by atoms with Gasteiger partial charge in [-0.05, 0) is 12.8 Å². The van der Waals surface area contributed by atoms with Gasteiger partial charge in [-0.2, -0.15) is 13.2 Å². The van der Waals surface area contributed by atoms with Crippen molar-refractivity contribution in [2.24, 2.45) is 5.92 Å². The predicted octanol–water partition coefficient (Wildman–Crippen LogP) is 1.80. The summed E-state index contributed by atoms with van der Waals surface area (Å²) >= 11 is 2.97. The summed E-state index contributed by atoms with van der Waals surface area (Å²) in [6.07, 6.45) is -3.27. The van der Waals surface area contributed by atoms with E-state index in [1.54, 1.807) is 0 Å². The fourth-order valence-electron chi connectivity index (χ4n) is 1.87. The van der Waals surface area contributed by atoms with Crippen LogP contribution in [0.3, 0.4) is 0 Å². The second-order valence-corrected chi connectivity index (χ2v) is 4.28. The van der Waals surface area contributed by atoms with E-state index in [-0.39, 0.29) is 11.1 Å². The number of carbonyl (C=O) groups is 2. The summed E-state index contributed by atoms with van der Waals surface area (Å²) in [4.78, 5) is 22.1. The van der Waals surface area contributed by atoms with Crippen molar-refractivity contribution in [2.75, 3.05) is 5.33 Å². The summed E-state index contributed by atoms with van der Waals surface area (Å²) in [5.74, 6) is -2.62. The average Bonchev–Trinajstić information content (AvgIpc) is 2.63.